The van der Waals surface area contributed by atoms with Crippen LogP contribution in [0.25, 0.3) is 0 Å². The molecular weight excluding hydrogens is 250 g/mol. The molecule has 0 aromatic heterocycles. The van der Waals surface area contributed by atoms with Crippen LogP contribution in [0.15, 0.2) is 0 Å². The summed E-state index contributed by atoms with van der Waals surface area (Å²) in [5, 5.41) is 4.92. The Balaban J connectivity index is 1.50. The smallest absolute Gasteiger partial charge is 0.0172 e. The van der Waals surface area contributed by atoms with E-state index in [9.17, 15) is 0 Å². The lowest BCUT2D eigenvalue weighted by atomic mass is 9.71. The Labute approximate surface area is 123 Å². The van der Waals surface area contributed by atoms with Gasteiger partial charge in [-0.3, -0.25) is 0 Å². The molecule has 1 N–H and O–H groups in total. The summed E-state index contributed by atoms with van der Waals surface area (Å²) in [6.45, 7) is 1.29. The largest absolute Gasteiger partial charge is 0.313 e. The monoisotopic (exact) mass is 281 g/mol. The first-order valence-electron chi connectivity index (χ1n) is 8.78. The van der Waals surface area contributed by atoms with E-state index in [0.29, 0.717) is 0 Å². The fourth-order valence-corrected chi connectivity index (χ4v) is 5.84. The molecule has 1 saturated heterocycles. The van der Waals surface area contributed by atoms with E-state index in [1.54, 1.807) is 0 Å². The summed E-state index contributed by atoms with van der Waals surface area (Å²) in [5.74, 6) is 3.48. The number of thioether (sulfide) groups is 1. The minimum Gasteiger partial charge on any atom is -0.313 e. The van der Waals surface area contributed by atoms with Crippen LogP contribution in [0.2, 0.25) is 0 Å². The summed E-state index contributed by atoms with van der Waals surface area (Å²) in [7, 11) is 0. The molecule has 110 valence electrons. The van der Waals surface area contributed by atoms with E-state index >= 15 is 0 Å². The Hall–Kier alpha value is 0.310. The molecule has 3 rings (SSSR count). The van der Waals surface area contributed by atoms with E-state index in [2.05, 4.69) is 17.1 Å². The number of rotatable bonds is 4. The highest BCUT2D eigenvalue weighted by Crippen LogP contribution is 2.38. The molecule has 2 saturated carbocycles. The minimum atomic E-state index is 0.859. The zero-order chi connectivity index (χ0) is 12.9. The Bertz CT molecular complexity index is 256. The van der Waals surface area contributed by atoms with E-state index in [-0.39, 0.29) is 0 Å². The molecule has 19 heavy (non-hydrogen) atoms. The van der Waals surface area contributed by atoms with Crippen LogP contribution in [0, 0.1) is 11.8 Å². The van der Waals surface area contributed by atoms with Gasteiger partial charge in [0, 0.05) is 17.8 Å². The van der Waals surface area contributed by atoms with Crippen LogP contribution in [0.5, 0.6) is 0 Å². The lowest BCUT2D eigenvalue weighted by Gasteiger charge is -2.40. The Kier molecular flexibility index (Phi) is 5.52. The number of hydrogen-bond acceptors (Lipinski definition) is 2. The van der Waals surface area contributed by atoms with E-state index < -0.39 is 0 Å². The van der Waals surface area contributed by atoms with Crippen molar-refractivity contribution < 1.29 is 0 Å². The SMILES string of the molecule is C1CCC(C2CCCCC2NCC2CCCS2)CC1. The van der Waals surface area contributed by atoms with Crippen molar-refractivity contribution >= 4 is 11.8 Å². The molecule has 1 heterocycles. The third kappa shape index (κ3) is 3.91. The molecular formula is C17H31NS. The van der Waals surface area contributed by atoms with Gasteiger partial charge in [0.05, 0.1) is 0 Å². The third-order valence-corrected chi connectivity index (χ3v) is 7.10. The average molecular weight is 282 g/mol. The second kappa shape index (κ2) is 7.36. The highest BCUT2D eigenvalue weighted by Gasteiger charge is 2.32. The second-order valence-corrected chi connectivity index (χ2v) is 8.40. The summed E-state index contributed by atoms with van der Waals surface area (Å²) >= 11 is 2.21. The van der Waals surface area contributed by atoms with Gasteiger partial charge in [0.2, 0.25) is 0 Å². The quantitative estimate of drug-likeness (QED) is 0.807. The summed E-state index contributed by atoms with van der Waals surface area (Å²) in [6, 6.07) is 0.859. The van der Waals surface area contributed by atoms with E-state index in [1.165, 1.54) is 82.9 Å². The molecule has 3 fully saturated rings. The van der Waals surface area contributed by atoms with E-state index in [0.717, 1.165) is 23.1 Å². The predicted molar refractivity (Wildman–Crippen MR) is 85.8 cm³/mol. The standard InChI is InChI=1S/C17H31NS/c1-2-7-14(8-3-1)16-10-4-5-11-17(16)18-13-15-9-6-12-19-15/h14-18H,1-13H2. The molecule has 0 aromatic carbocycles. The van der Waals surface area contributed by atoms with Gasteiger partial charge in [0.15, 0.2) is 0 Å². The van der Waals surface area contributed by atoms with Crippen LogP contribution in [0.1, 0.15) is 70.6 Å². The average Bonchev–Trinajstić information content (AvgIpc) is 3.00. The summed E-state index contributed by atoms with van der Waals surface area (Å²) < 4.78 is 0. The van der Waals surface area contributed by atoms with Gasteiger partial charge in [-0.1, -0.05) is 44.9 Å². The van der Waals surface area contributed by atoms with Crippen molar-refractivity contribution in [2.45, 2.75) is 81.9 Å². The molecule has 0 radical (unpaired) electrons. The lowest BCUT2D eigenvalue weighted by molar-refractivity contribution is 0.150. The Morgan fingerprint density at radius 1 is 0.789 bits per heavy atom. The molecule has 3 unspecified atom stereocenters. The molecule has 3 atom stereocenters. The van der Waals surface area contributed by atoms with Gasteiger partial charge in [-0.25, -0.2) is 0 Å². The van der Waals surface area contributed by atoms with Gasteiger partial charge in [-0.2, -0.15) is 11.8 Å². The molecule has 1 aliphatic heterocycles. The predicted octanol–water partition coefficient (Wildman–Crippen LogP) is 4.61. The van der Waals surface area contributed by atoms with Gasteiger partial charge in [0.1, 0.15) is 0 Å². The number of nitrogens with one attached hydrogen (secondary N) is 1. The molecule has 0 bridgehead atoms. The van der Waals surface area contributed by atoms with Crippen molar-refractivity contribution in [1.82, 2.24) is 5.32 Å². The Morgan fingerprint density at radius 2 is 1.58 bits per heavy atom. The van der Waals surface area contributed by atoms with Crippen molar-refractivity contribution in [1.29, 1.82) is 0 Å². The maximum Gasteiger partial charge on any atom is 0.0172 e. The maximum atomic E-state index is 3.99. The van der Waals surface area contributed by atoms with Crippen LogP contribution in [0.3, 0.4) is 0 Å². The first-order chi connectivity index (χ1) is 9.43. The van der Waals surface area contributed by atoms with Crippen molar-refractivity contribution in [3.05, 3.63) is 0 Å². The molecule has 1 nitrogen and oxygen atoms in total. The van der Waals surface area contributed by atoms with Crippen molar-refractivity contribution in [3.63, 3.8) is 0 Å². The van der Waals surface area contributed by atoms with Gasteiger partial charge in [0.25, 0.3) is 0 Å². The van der Waals surface area contributed by atoms with Crippen molar-refractivity contribution in [3.8, 4) is 0 Å². The lowest BCUT2D eigenvalue weighted by Crippen LogP contribution is -2.44. The van der Waals surface area contributed by atoms with Gasteiger partial charge < -0.3 is 5.32 Å². The molecule has 0 spiro atoms. The highest BCUT2D eigenvalue weighted by atomic mass is 32.2. The fourth-order valence-electron chi connectivity index (χ4n) is 4.63. The zero-order valence-corrected chi connectivity index (χ0v) is 13.2. The normalized spacial score (nSPS) is 37.6. The Morgan fingerprint density at radius 3 is 2.37 bits per heavy atom. The number of hydrogen-bond donors (Lipinski definition) is 1. The van der Waals surface area contributed by atoms with Crippen LogP contribution in [0.4, 0.5) is 0 Å². The van der Waals surface area contributed by atoms with E-state index in [1.807, 2.05) is 0 Å². The third-order valence-electron chi connectivity index (χ3n) is 5.71. The van der Waals surface area contributed by atoms with Gasteiger partial charge >= 0.3 is 0 Å². The van der Waals surface area contributed by atoms with Crippen molar-refractivity contribution in [2.75, 3.05) is 12.3 Å². The zero-order valence-electron chi connectivity index (χ0n) is 12.4. The van der Waals surface area contributed by atoms with Crippen molar-refractivity contribution in [2.24, 2.45) is 11.8 Å². The fraction of sp³-hybridized carbons (Fsp3) is 1.00. The summed E-state index contributed by atoms with van der Waals surface area (Å²) in [5.41, 5.74) is 0. The van der Waals surface area contributed by atoms with Crippen LogP contribution in [-0.4, -0.2) is 23.6 Å². The summed E-state index contributed by atoms with van der Waals surface area (Å²) in [4.78, 5) is 0. The first-order valence-corrected chi connectivity index (χ1v) is 9.83. The second-order valence-electron chi connectivity index (χ2n) is 7.00. The molecule has 0 aromatic rings. The first kappa shape index (κ1) is 14.3. The van der Waals surface area contributed by atoms with Gasteiger partial charge in [-0.15, -0.1) is 0 Å². The minimum absolute atomic E-state index is 0.859. The molecule has 2 heteroatoms. The molecule has 2 aliphatic carbocycles. The van der Waals surface area contributed by atoms with Crippen LogP contribution >= 0.6 is 11.8 Å². The van der Waals surface area contributed by atoms with Crippen LogP contribution < -0.4 is 5.32 Å². The van der Waals surface area contributed by atoms with E-state index in [4.69, 9.17) is 0 Å². The molecule has 0 amide bonds. The van der Waals surface area contributed by atoms with Gasteiger partial charge in [-0.05, 0) is 43.3 Å². The van der Waals surface area contributed by atoms with Crippen LogP contribution in [-0.2, 0) is 0 Å². The topological polar surface area (TPSA) is 12.0 Å². The summed E-state index contributed by atoms with van der Waals surface area (Å²) in [6.07, 6.45) is 16.4. The maximum absolute atomic E-state index is 3.99. The molecule has 3 aliphatic rings. The highest BCUT2D eigenvalue weighted by molar-refractivity contribution is 8.00.